The van der Waals surface area contributed by atoms with Gasteiger partial charge in [0.1, 0.15) is 5.01 Å². The summed E-state index contributed by atoms with van der Waals surface area (Å²) in [7, 11) is 0. The van der Waals surface area contributed by atoms with Gasteiger partial charge in [0.25, 0.3) is 0 Å². The van der Waals surface area contributed by atoms with E-state index in [1.807, 2.05) is 6.92 Å². The van der Waals surface area contributed by atoms with Crippen molar-refractivity contribution >= 4 is 22.4 Å². The number of nitrogens with one attached hydrogen (secondary N) is 1. The first kappa shape index (κ1) is 10.5. The van der Waals surface area contributed by atoms with Gasteiger partial charge in [0.2, 0.25) is 11.0 Å². The summed E-state index contributed by atoms with van der Waals surface area (Å²) in [6.07, 6.45) is 5.51. The molecule has 2 rings (SSSR count). The number of amides is 1. The molecule has 1 aliphatic rings. The van der Waals surface area contributed by atoms with Crippen LogP contribution in [-0.4, -0.2) is 16.1 Å². The smallest absolute Gasteiger partial charge is 0.225 e. The van der Waals surface area contributed by atoms with E-state index in [9.17, 15) is 4.79 Å². The number of aromatic nitrogens is 2. The molecule has 82 valence electrons. The first-order chi connectivity index (χ1) is 7.29. The molecule has 1 N–H and O–H groups in total. The van der Waals surface area contributed by atoms with Crippen LogP contribution in [0.25, 0.3) is 0 Å². The molecule has 15 heavy (non-hydrogen) atoms. The number of nitrogens with zero attached hydrogens (tertiary/aromatic N) is 2. The Bertz CT molecular complexity index is 344. The highest BCUT2D eigenvalue weighted by Gasteiger charge is 2.21. The van der Waals surface area contributed by atoms with Gasteiger partial charge in [-0.2, -0.15) is 0 Å². The zero-order valence-electron chi connectivity index (χ0n) is 8.82. The van der Waals surface area contributed by atoms with E-state index in [-0.39, 0.29) is 5.91 Å². The molecule has 1 aromatic rings. The molecule has 0 saturated heterocycles. The lowest BCUT2D eigenvalue weighted by molar-refractivity contribution is -0.115. The van der Waals surface area contributed by atoms with Gasteiger partial charge in [0.05, 0.1) is 0 Å². The Kier molecular flexibility index (Phi) is 3.30. The molecular weight excluding hydrogens is 210 g/mol. The fraction of sp³-hybridized carbons (Fsp3) is 0.700. The predicted molar refractivity (Wildman–Crippen MR) is 60.0 cm³/mol. The molecule has 1 heterocycles. The van der Waals surface area contributed by atoms with E-state index in [1.54, 1.807) is 0 Å². The summed E-state index contributed by atoms with van der Waals surface area (Å²) in [5, 5.41) is 12.6. The van der Waals surface area contributed by atoms with Gasteiger partial charge in [-0.1, -0.05) is 31.1 Å². The molecular formula is C10H15N3OS. The Morgan fingerprint density at radius 2 is 2.20 bits per heavy atom. The molecule has 1 fully saturated rings. The molecule has 0 atom stereocenters. The third kappa shape index (κ3) is 2.53. The molecule has 1 aromatic heterocycles. The third-order valence-electron chi connectivity index (χ3n) is 2.71. The summed E-state index contributed by atoms with van der Waals surface area (Å²) >= 11 is 1.52. The Morgan fingerprint density at radius 1 is 1.47 bits per heavy atom. The monoisotopic (exact) mass is 225 g/mol. The topological polar surface area (TPSA) is 54.9 Å². The van der Waals surface area contributed by atoms with Gasteiger partial charge in [-0.05, 0) is 12.8 Å². The van der Waals surface area contributed by atoms with Gasteiger partial charge in [0, 0.05) is 12.3 Å². The number of rotatable bonds is 3. The maximum Gasteiger partial charge on any atom is 0.225 e. The van der Waals surface area contributed by atoms with Crippen LogP contribution in [0.1, 0.15) is 50.0 Å². The Morgan fingerprint density at radius 3 is 2.87 bits per heavy atom. The summed E-state index contributed by atoms with van der Waals surface area (Å²) in [4.78, 5) is 11.1. The largest absolute Gasteiger partial charge is 0.301 e. The minimum Gasteiger partial charge on any atom is -0.301 e. The van der Waals surface area contributed by atoms with Crippen molar-refractivity contribution < 1.29 is 4.79 Å². The molecule has 1 amide bonds. The van der Waals surface area contributed by atoms with Crippen molar-refractivity contribution in [1.82, 2.24) is 10.2 Å². The standard InChI is InChI=1S/C10H15N3OS/c1-2-8(14)11-10-13-12-9(15-10)7-5-3-4-6-7/h7H,2-6H2,1H3,(H,11,13,14). The van der Waals surface area contributed by atoms with Crippen molar-refractivity contribution in [3.05, 3.63) is 5.01 Å². The van der Waals surface area contributed by atoms with Crippen LogP contribution in [0.3, 0.4) is 0 Å². The average Bonchev–Trinajstić information content (AvgIpc) is 2.85. The molecule has 0 aromatic carbocycles. The van der Waals surface area contributed by atoms with E-state index < -0.39 is 0 Å². The molecule has 0 radical (unpaired) electrons. The van der Waals surface area contributed by atoms with Crippen LogP contribution >= 0.6 is 11.3 Å². The van der Waals surface area contributed by atoms with E-state index in [2.05, 4.69) is 15.5 Å². The lowest BCUT2D eigenvalue weighted by Crippen LogP contribution is -2.08. The van der Waals surface area contributed by atoms with Crippen molar-refractivity contribution in [2.24, 2.45) is 0 Å². The van der Waals surface area contributed by atoms with E-state index in [0.717, 1.165) is 5.01 Å². The SMILES string of the molecule is CCC(=O)Nc1nnc(C2CCCC2)s1. The van der Waals surface area contributed by atoms with Crippen LogP contribution in [0.4, 0.5) is 5.13 Å². The average molecular weight is 225 g/mol. The minimum atomic E-state index is 0.00382. The molecule has 4 nitrogen and oxygen atoms in total. The van der Waals surface area contributed by atoms with E-state index in [1.165, 1.54) is 37.0 Å². The van der Waals surface area contributed by atoms with Crippen molar-refractivity contribution in [3.8, 4) is 0 Å². The number of carbonyl (C=O) groups is 1. The number of hydrogen-bond acceptors (Lipinski definition) is 4. The molecule has 0 unspecified atom stereocenters. The van der Waals surface area contributed by atoms with Crippen LogP contribution in [-0.2, 0) is 4.79 Å². The zero-order valence-corrected chi connectivity index (χ0v) is 9.64. The molecule has 1 saturated carbocycles. The number of carbonyl (C=O) groups excluding carboxylic acids is 1. The highest BCUT2D eigenvalue weighted by atomic mass is 32.1. The van der Waals surface area contributed by atoms with E-state index in [4.69, 9.17) is 0 Å². The summed E-state index contributed by atoms with van der Waals surface area (Å²) in [6, 6.07) is 0. The Balaban J connectivity index is 2.00. The maximum absolute atomic E-state index is 11.1. The van der Waals surface area contributed by atoms with Crippen LogP contribution in [0, 0.1) is 0 Å². The highest BCUT2D eigenvalue weighted by molar-refractivity contribution is 7.15. The first-order valence-corrected chi connectivity index (χ1v) is 6.24. The lowest BCUT2D eigenvalue weighted by Gasteiger charge is -2.00. The van der Waals surface area contributed by atoms with Crippen molar-refractivity contribution in [1.29, 1.82) is 0 Å². The van der Waals surface area contributed by atoms with Gasteiger partial charge >= 0.3 is 0 Å². The van der Waals surface area contributed by atoms with Gasteiger partial charge in [-0.15, -0.1) is 10.2 Å². The summed E-state index contributed by atoms with van der Waals surface area (Å²) < 4.78 is 0. The maximum atomic E-state index is 11.1. The lowest BCUT2D eigenvalue weighted by atomic mass is 10.1. The Hall–Kier alpha value is -0.970. The summed E-state index contributed by atoms with van der Waals surface area (Å²) in [6.45, 7) is 1.83. The van der Waals surface area contributed by atoms with Gasteiger partial charge in [-0.25, -0.2) is 0 Å². The van der Waals surface area contributed by atoms with Gasteiger partial charge < -0.3 is 5.32 Å². The third-order valence-corrected chi connectivity index (χ3v) is 3.71. The molecule has 5 heteroatoms. The molecule has 1 aliphatic carbocycles. The van der Waals surface area contributed by atoms with Crippen molar-refractivity contribution in [2.75, 3.05) is 5.32 Å². The van der Waals surface area contributed by atoms with Crippen molar-refractivity contribution in [2.45, 2.75) is 44.9 Å². The normalized spacial score (nSPS) is 16.9. The van der Waals surface area contributed by atoms with Crippen LogP contribution in [0.2, 0.25) is 0 Å². The van der Waals surface area contributed by atoms with E-state index >= 15 is 0 Å². The Labute approximate surface area is 93.1 Å². The molecule has 0 spiro atoms. The number of hydrogen-bond donors (Lipinski definition) is 1. The first-order valence-electron chi connectivity index (χ1n) is 5.43. The summed E-state index contributed by atoms with van der Waals surface area (Å²) in [5.41, 5.74) is 0. The quantitative estimate of drug-likeness (QED) is 0.860. The van der Waals surface area contributed by atoms with Crippen molar-refractivity contribution in [3.63, 3.8) is 0 Å². The van der Waals surface area contributed by atoms with Gasteiger partial charge in [0.15, 0.2) is 0 Å². The van der Waals surface area contributed by atoms with Crippen LogP contribution in [0.15, 0.2) is 0 Å². The predicted octanol–water partition coefficient (Wildman–Crippen LogP) is 2.54. The fourth-order valence-corrected chi connectivity index (χ4v) is 2.76. The minimum absolute atomic E-state index is 0.00382. The second-order valence-corrected chi connectivity index (χ2v) is 4.84. The number of anilines is 1. The van der Waals surface area contributed by atoms with Crippen LogP contribution in [0.5, 0.6) is 0 Å². The second-order valence-electron chi connectivity index (χ2n) is 3.83. The second kappa shape index (κ2) is 4.70. The molecule has 0 aliphatic heterocycles. The highest BCUT2D eigenvalue weighted by Crippen LogP contribution is 2.36. The summed E-state index contributed by atoms with van der Waals surface area (Å²) in [5.74, 6) is 0.582. The van der Waals surface area contributed by atoms with Crippen LogP contribution < -0.4 is 5.32 Å². The van der Waals surface area contributed by atoms with Gasteiger partial charge in [-0.3, -0.25) is 4.79 Å². The molecule has 0 bridgehead atoms. The fourth-order valence-electron chi connectivity index (χ4n) is 1.83. The van der Waals surface area contributed by atoms with E-state index in [0.29, 0.717) is 17.5 Å². The zero-order chi connectivity index (χ0) is 10.7.